The van der Waals surface area contributed by atoms with E-state index in [1.165, 1.54) is 0 Å². The van der Waals surface area contributed by atoms with E-state index < -0.39 is 0 Å². The summed E-state index contributed by atoms with van der Waals surface area (Å²) >= 11 is 0. The maximum absolute atomic E-state index is 12.7. The molecular formula is C18H21ClN4O. The molecule has 0 amide bonds. The SMILES string of the molecule is Cl.O=c1c2c(nc3n1CCCC3=NNc1ccccc1)CCCC2. The largest absolute Gasteiger partial charge is 0.291 e. The van der Waals surface area contributed by atoms with Gasteiger partial charge in [-0.15, -0.1) is 12.4 Å². The molecule has 0 saturated heterocycles. The number of fused-ring (bicyclic) bond motifs is 2. The molecule has 1 N–H and O–H groups in total. The van der Waals surface area contributed by atoms with Crippen molar-refractivity contribution in [1.82, 2.24) is 9.55 Å². The minimum absolute atomic E-state index is 0. The van der Waals surface area contributed by atoms with Crippen LogP contribution in [0.5, 0.6) is 0 Å². The molecule has 2 heterocycles. The monoisotopic (exact) mass is 344 g/mol. The van der Waals surface area contributed by atoms with Crippen molar-refractivity contribution >= 4 is 23.8 Å². The molecule has 1 aromatic carbocycles. The number of aromatic nitrogens is 2. The molecule has 0 atom stereocenters. The van der Waals surface area contributed by atoms with Crippen molar-refractivity contribution < 1.29 is 0 Å². The quantitative estimate of drug-likeness (QED) is 0.851. The van der Waals surface area contributed by atoms with Crippen LogP contribution < -0.4 is 11.0 Å². The standard InChI is InChI=1S/C18H20N4O.ClH/c23-18-14-9-4-5-10-15(14)19-17-16(11-6-12-22(17)18)21-20-13-7-2-1-3-8-13;/h1-3,7-8,20H,4-6,9-12H2;1H. The van der Waals surface area contributed by atoms with Gasteiger partial charge in [-0.05, 0) is 50.7 Å². The summed E-state index contributed by atoms with van der Waals surface area (Å²) in [6, 6.07) is 9.86. The molecule has 0 bridgehead atoms. The lowest BCUT2D eigenvalue weighted by atomic mass is 9.96. The van der Waals surface area contributed by atoms with Crippen LogP contribution in [0.25, 0.3) is 0 Å². The van der Waals surface area contributed by atoms with Gasteiger partial charge in [0.2, 0.25) is 0 Å². The molecule has 1 aliphatic heterocycles. The van der Waals surface area contributed by atoms with Crippen molar-refractivity contribution in [3.8, 4) is 0 Å². The Morgan fingerprint density at radius 3 is 2.67 bits per heavy atom. The first-order chi connectivity index (χ1) is 11.3. The number of nitrogens with zero attached hydrogens (tertiary/aromatic N) is 3. The zero-order chi connectivity index (χ0) is 15.6. The summed E-state index contributed by atoms with van der Waals surface area (Å²) in [6.45, 7) is 0.749. The number of para-hydroxylation sites is 1. The smallest absolute Gasteiger partial charge is 0.257 e. The van der Waals surface area contributed by atoms with Gasteiger partial charge in [-0.2, -0.15) is 5.10 Å². The third-order valence-corrected chi connectivity index (χ3v) is 4.59. The number of rotatable bonds is 2. The van der Waals surface area contributed by atoms with Gasteiger partial charge in [0, 0.05) is 12.1 Å². The lowest BCUT2D eigenvalue weighted by Crippen LogP contribution is -2.36. The number of hydrazone groups is 1. The Morgan fingerprint density at radius 1 is 1.04 bits per heavy atom. The van der Waals surface area contributed by atoms with Crippen LogP contribution in [-0.4, -0.2) is 15.3 Å². The maximum Gasteiger partial charge on any atom is 0.257 e. The van der Waals surface area contributed by atoms with Gasteiger partial charge in [0.15, 0.2) is 5.82 Å². The molecule has 0 saturated carbocycles. The number of nitrogens with one attached hydrogen (secondary N) is 1. The van der Waals surface area contributed by atoms with E-state index in [-0.39, 0.29) is 18.0 Å². The van der Waals surface area contributed by atoms with Crippen LogP contribution in [0, 0.1) is 0 Å². The summed E-state index contributed by atoms with van der Waals surface area (Å²) in [4.78, 5) is 17.5. The summed E-state index contributed by atoms with van der Waals surface area (Å²) in [7, 11) is 0. The van der Waals surface area contributed by atoms with Gasteiger partial charge in [-0.25, -0.2) is 4.98 Å². The lowest BCUT2D eigenvalue weighted by Gasteiger charge is -2.23. The first-order valence-corrected chi connectivity index (χ1v) is 8.33. The fourth-order valence-corrected chi connectivity index (χ4v) is 3.39. The second-order valence-corrected chi connectivity index (χ2v) is 6.16. The van der Waals surface area contributed by atoms with Gasteiger partial charge < -0.3 is 0 Å². The molecule has 1 aliphatic carbocycles. The first-order valence-electron chi connectivity index (χ1n) is 8.33. The number of halogens is 1. The Hall–Kier alpha value is -2.14. The van der Waals surface area contributed by atoms with E-state index in [4.69, 9.17) is 4.98 Å². The molecular weight excluding hydrogens is 324 g/mol. The molecule has 0 fully saturated rings. The topological polar surface area (TPSA) is 59.3 Å². The fraction of sp³-hybridized carbons (Fsp3) is 0.389. The van der Waals surface area contributed by atoms with E-state index in [9.17, 15) is 4.79 Å². The first kappa shape index (κ1) is 16.7. The highest BCUT2D eigenvalue weighted by Gasteiger charge is 2.24. The van der Waals surface area contributed by atoms with E-state index >= 15 is 0 Å². The Balaban J connectivity index is 0.00000169. The summed E-state index contributed by atoms with van der Waals surface area (Å²) in [5.74, 6) is 0.755. The van der Waals surface area contributed by atoms with Gasteiger partial charge in [0.25, 0.3) is 5.56 Å². The second kappa shape index (κ2) is 7.18. The van der Waals surface area contributed by atoms with Gasteiger partial charge in [0.1, 0.15) is 5.71 Å². The molecule has 5 nitrogen and oxygen atoms in total. The van der Waals surface area contributed by atoms with Gasteiger partial charge in [0.05, 0.1) is 11.4 Å². The van der Waals surface area contributed by atoms with E-state index in [1.807, 2.05) is 34.9 Å². The molecule has 1 aromatic heterocycles. The van der Waals surface area contributed by atoms with Crippen molar-refractivity contribution in [2.24, 2.45) is 5.10 Å². The molecule has 24 heavy (non-hydrogen) atoms. The number of hydrogen-bond donors (Lipinski definition) is 1. The normalized spacial score (nSPS) is 17.6. The minimum Gasteiger partial charge on any atom is -0.291 e. The van der Waals surface area contributed by atoms with Crippen LogP contribution in [0.1, 0.15) is 42.8 Å². The second-order valence-electron chi connectivity index (χ2n) is 6.16. The third kappa shape index (κ3) is 3.08. The van der Waals surface area contributed by atoms with Crippen LogP contribution in [0.3, 0.4) is 0 Å². The van der Waals surface area contributed by atoms with Gasteiger partial charge >= 0.3 is 0 Å². The van der Waals surface area contributed by atoms with Crippen molar-refractivity contribution in [2.45, 2.75) is 45.1 Å². The highest BCUT2D eigenvalue weighted by molar-refractivity contribution is 5.98. The zero-order valence-corrected chi connectivity index (χ0v) is 14.3. The molecule has 0 unspecified atom stereocenters. The van der Waals surface area contributed by atoms with Crippen molar-refractivity contribution in [3.05, 3.63) is 57.8 Å². The maximum atomic E-state index is 12.7. The average Bonchev–Trinajstić information content (AvgIpc) is 2.61. The molecule has 2 aromatic rings. The van der Waals surface area contributed by atoms with Crippen LogP contribution in [0.15, 0.2) is 40.2 Å². The molecule has 6 heteroatoms. The molecule has 0 spiro atoms. The molecule has 126 valence electrons. The molecule has 4 rings (SSSR count). The van der Waals surface area contributed by atoms with E-state index in [0.29, 0.717) is 0 Å². The predicted octanol–water partition coefficient (Wildman–Crippen LogP) is 3.15. The van der Waals surface area contributed by atoms with Crippen LogP contribution >= 0.6 is 12.4 Å². The third-order valence-electron chi connectivity index (χ3n) is 4.59. The molecule has 2 aliphatic rings. The number of anilines is 1. The zero-order valence-electron chi connectivity index (χ0n) is 13.5. The molecule has 0 radical (unpaired) electrons. The predicted molar refractivity (Wildman–Crippen MR) is 98.2 cm³/mol. The Bertz CT molecular complexity index is 814. The summed E-state index contributed by atoms with van der Waals surface area (Å²) in [5, 5.41) is 4.53. The number of hydrogen-bond acceptors (Lipinski definition) is 4. The highest BCUT2D eigenvalue weighted by atomic mass is 35.5. The van der Waals surface area contributed by atoms with Gasteiger partial charge in [-0.1, -0.05) is 18.2 Å². The Labute approximate surface area is 147 Å². The van der Waals surface area contributed by atoms with Gasteiger partial charge in [-0.3, -0.25) is 14.8 Å². The minimum atomic E-state index is 0. The van der Waals surface area contributed by atoms with E-state index in [1.54, 1.807) is 0 Å². The summed E-state index contributed by atoms with van der Waals surface area (Å²) in [5.41, 5.74) is 6.98. The number of benzene rings is 1. The Kier molecular flexibility index (Phi) is 5.00. The summed E-state index contributed by atoms with van der Waals surface area (Å²) < 4.78 is 1.82. The summed E-state index contributed by atoms with van der Waals surface area (Å²) in [6.07, 6.45) is 5.79. The van der Waals surface area contributed by atoms with Crippen LogP contribution in [0.2, 0.25) is 0 Å². The van der Waals surface area contributed by atoms with Crippen LogP contribution in [0.4, 0.5) is 5.69 Å². The van der Waals surface area contributed by atoms with Crippen molar-refractivity contribution in [2.75, 3.05) is 5.43 Å². The van der Waals surface area contributed by atoms with Crippen molar-refractivity contribution in [3.63, 3.8) is 0 Å². The number of aryl methyl sites for hydroxylation is 1. The lowest BCUT2D eigenvalue weighted by molar-refractivity contribution is 0.559. The fourth-order valence-electron chi connectivity index (χ4n) is 3.39. The average molecular weight is 345 g/mol. The highest BCUT2D eigenvalue weighted by Crippen LogP contribution is 2.20. The van der Waals surface area contributed by atoms with E-state index in [2.05, 4.69) is 10.5 Å². The van der Waals surface area contributed by atoms with Crippen molar-refractivity contribution in [1.29, 1.82) is 0 Å². The van der Waals surface area contributed by atoms with Crippen LogP contribution in [-0.2, 0) is 19.4 Å². The van der Waals surface area contributed by atoms with E-state index in [0.717, 1.165) is 73.6 Å². The Morgan fingerprint density at radius 2 is 1.83 bits per heavy atom.